The average molecular weight is 667 g/mol. The smallest absolute Gasteiger partial charge is 0.264 e. The number of nitrogens with zero attached hydrogens (tertiary/aromatic N) is 2. The first-order chi connectivity index (χ1) is 21.4. The van der Waals surface area contributed by atoms with E-state index in [-0.39, 0.29) is 29.8 Å². The number of amides is 2. The van der Waals surface area contributed by atoms with E-state index in [0.717, 1.165) is 15.4 Å². The highest BCUT2D eigenvalue weighted by atomic mass is 35.5. The van der Waals surface area contributed by atoms with Gasteiger partial charge in [-0.3, -0.25) is 13.9 Å². The van der Waals surface area contributed by atoms with Crippen molar-refractivity contribution in [3.8, 4) is 0 Å². The predicted molar refractivity (Wildman–Crippen MR) is 181 cm³/mol. The number of anilines is 1. The SMILES string of the molecule is Cc1ccc(N(CC(=O)N(Cc2c(Cl)cccc2Cl)[C@@H](Cc2ccccc2)C(=O)NC(C)C)S(=O)(=O)c2ccccc2)c(C)c1. The summed E-state index contributed by atoms with van der Waals surface area (Å²) in [6.07, 6.45) is 0.183. The summed E-state index contributed by atoms with van der Waals surface area (Å²) in [4.78, 5) is 29.8. The predicted octanol–water partition coefficient (Wildman–Crippen LogP) is 6.97. The minimum Gasteiger partial charge on any atom is -0.352 e. The number of rotatable bonds is 12. The molecule has 0 heterocycles. The highest BCUT2D eigenvalue weighted by molar-refractivity contribution is 7.92. The van der Waals surface area contributed by atoms with Crippen LogP contribution in [0.3, 0.4) is 0 Å². The number of aryl methyl sites for hydroxylation is 2. The standard InChI is InChI=1S/C35H37Cl2N3O4S/c1-24(2)38-35(42)33(21-27-12-7-5-8-13-27)39(22-29-30(36)16-11-17-31(29)37)34(41)23-40(32-19-18-25(3)20-26(32)4)45(43,44)28-14-9-6-10-15-28/h5-20,24,33H,21-23H2,1-4H3,(H,38,42)/t33-/m0/s1. The Balaban J connectivity index is 1.86. The molecule has 0 radical (unpaired) electrons. The zero-order chi connectivity index (χ0) is 32.7. The third kappa shape index (κ3) is 8.45. The quantitative estimate of drug-likeness (QED) is 0.177. The fraction of sp³-hybridized carbons (Fsp3) is 0.257. The molecule has 10 heteroatoms. The van der Waals surface area contributed by atoms with Gasteiger partial charge >= 0.3 is 0 Å². The Labute approximate surface area is 275 Å². The minimum atomic E-state index is -4.20. The van der Waals surface area contributed by atoms with E-state index in [0.29, 0.717) is 26.9 Å². The number of hydrogen-bond donors (Lipinski definition) is 1. The number of nitrogens with one attached hydrogen (secondary N) is 1. The molecule has 0 bridgehead atoms. The van der Waals surface area contributed by atoms with Crippen molar-refractivity contribution >= 4 is 50.7 Å². The lowest BCUT2D eigenvalue weighted by atomic mass is 10.0. The summed E-state index contributed by atoms with van der Waals surface area (Å²) in [6, 6.07) is 26.5. The van der Waals surface area contributed by atoms with Gasteiger partial charge in [-0.15, -0.1) is 0 Å². The number of carbonyl (C=O) groups excluding carboxylic acids is 2. The summed E-state index contributed by atoms with van der Waals surface area (Å²) < 4.78 is 29.4. The monoisotopic (exact) mass is 665 g/mol. The molecule has 1 atom stereocenters. The van der Waals surface area contributed by atoms with Crippen LogP contribution in [-0.2, 0) is 32.6 Å². The number of carbonyl (C=O) groups is 2. The Bertz CT molecular complexity index is 1730. The summed E-state index contributed by atoms with van der Waals surface area (Å²) in [5, 5.41) is 3.59. The maximum Gasteiger partial charge on any atom is 0.264 e. The van der Waals surface area contributed by atoms with Gasteiger partial charge in [0, 0.05) is 34.6 Å². The highest BCUT2D eigenvalue weighted by Crippen LogP contribution is 2.30. The molecule has 4 aromatic carbocycles. The zero-order valence-electron chi connectivity index (χ0n) is 25.7. The number of halogens is 2. The van der Waals surface area contributed by atoms with Crippen molar-refractivity contribution in [2.45, 2.75) is 57.6 Å². The zero-order valence-corrected chi connectivity index (χ0v) is 28.0. The van der Waals surface area contributed by atoms with Gasteiger partial charge in [0.05, 0.1) is 10.6 Å². The summed E-state index contributed by atoms with van der Waals surface area (Å²) >= 11 is 13.1. The molecule has 0 aliphatic rings. The molecule has 0 aliphatic carbocycles. The van der Waals surface area contributed by atoms with Gasteiger partial charge in [-0.25, -0.2) is 8.42 Å². The molecule has 0 spiro atoms. The third-order valence-corrected chi connectivity index (χ3v) is 9.81. The van der Waals surface area contributed by atoms with E-state index < -0.39 is 28.5 Å². The molecule has 0 unspecified atom stereocenters. The van der Waals surface area contributed by atoms with Crippen molar-refractivity contribution in [2.24, 2.45) is 0 Å². The molecular weight excluding hydrogens is 629 g/mol. The fourth-order valence-corrected chi connectivity index (χ4v) is 7.12. The maximum absolute atomic E-state index is 14.6. The van der Waals surface area contributed by atoms with Crippen LogP contribution in [-0.4, -0.2) is 43.8 Å². The minimum absolute atomic E-state index is 0.0388. The van der Waals surface area contributed by atoms with Gasteiger partial charge in [0.1, 0.15) is 12.6 Å². The van der Waals surface area contributed by atoms with Crippen LogP contribution in [0.5, 0.6) is 0 Å². The molecule has 7 nitrogen and oxygen atoms in total. The molecule has 0 saturated carbocycles. The van der Waals surface area contributed by atoms with Crippen LogP contribution in [0.2, 0.25) is 10.0 Å². The van der Waals surface area contributed by atoms with Crippen molar-refractivity contribution in [2.75, 3.05) is 10.8 Å². The Morgan fingerprint density at radius 3 is 2.00 bits per heavy atom. The van der Waals surface area contributed by atoms with Crippen molar-refractivity contribution < 1.29 is 18.0 Å². The normalized spacial score (nSPS) is 12.1. The van der Waals surface area contributed by atoms with E-state index in [1.807, 2.05) is 57.2 Å². The summed E-state index contributed by atoms with van der Waals surface area (Å²) in [6.45, 7) is 6.70. The lowest BCUT2D eigenvalue weighted by Gasteiger charge is -2.34. The second-order valence-corrected chi connectivity index (χ2v) is 13.9. The van der Waals surface area contributed by atoms with Crippen LogP contribution in [0.15, 0.2) is 102 Å². The highest BCUT2D eigenvalue weighted by Gasteiger charge is 2.35. The molecule has 4 rings (SSSR count). The van der Waals surface area contributed by atoms with E-state index in [1.54, 1.807) is 55.5 Å². The molecule has 236 valence electrons. The van der Waals surface area contributed by atoms with Crippen LogP contribution in [0.4, 0.5) is 5.69 Å². The first-order valence-corrected chi connectivity index (χ1v) is 16.8. The second kappa shape index (κ2) is 15.0. The first kappa shape index (κ1) is 34.0. The summed E-state index contributed by atoms with van der Waals surface area (Å²) in [5.74, 6) is -0.973. The van der Waals surface area contributed by atoms with Gasteiger partial charge in [-0.2, -0.15) is 0 Å². The Morgan fingerprint density at radius 2 is 1.42 bits per heavy atom. The molecule has 0 fully saturated rings. The summed E-state index contributed by atoms with van der Waals surface area (Å²) in [7, 11) is -4.20. The van der Waals surface area contributed by atoms with Crippen LogP contribution >= 0.6 is 23.2 Å². The number of benzene rings is 4. The van der Waals surface area contributed by atoms with Crippen molar-refractivity contribution in [1.82, 2.24) is 10.2 Å². The van der Waals surface area contributed by atoms with E-state index in [2.05, 4.69) is 5.32 Å². The van der Waals surface area contributed by atoms with Crippen molar-refractivity contribution in [3.63, 3.8) is 0 Å². The van der Waals surface area contributed by atoms with Crippen LogP contribution in [0, 0.1) is 13.8 Å². The number of hydrogen-bond acceptors (Lipinski definition) is 4. The molecule has 45 heavy (non-hydrogen) atoms. The topological polar surface area (TPSA) is 86.8 Å². The van der Waals surface area contributed by atoms with Gasteiger partial charge < -0.3 is 10.2 Å². The summed E-state index contributed by atoms with van der Waals surface area (Å²) in [5.41, 5.74) is 3.27. The Hall–Kier alpha value is -3.85. The largest absolute Gasteiger partial charge is 0.352 e. The van der Waals surface area contributed by atoms with Crippen molar-refractivity contribution in [1.29, 1.82) is 0 Å². The second-order valence-electron chi connectivity index (χ2n) is 11.2. The average Bonchev–Trinajstić information content (AvgIpc) is 2.99. The van der Waals surface area contributed by atoms with Crippen molar-refractivity contribution in [3.05, 3.63) is 129 Å². The Morgan fingerprint density at radius 1 is 0.822 bits per heavy atom. The first-order valence-electron chi connectivity index (χ1n) is 14.6. The molecule has 1 N–H and O–H groups in total. The lowest BCUT2D eigenvalue weighted by molar-refractivity contribution is -0.140. The Kier molecular flexibility index (Phi) is 11.3. The molecule has 0 saturated heterocycles. The molecular formula is C35H37Cl2N3O4S. The molecule has 0 aromatic heterocycles. The van der Waals surface area contributed by atoms with Gasteiger partial charge in [0.25, 0.3) is 10.0 Å². The molecule has 0 aliphatic heterocycles. The van der Waals surface area contributed by atoms with Gasteiger partial charge in [0.15, 0.2) is 0 Å². The van der Waals surface area contributed by atoms with Crippen LogP contribution < -0.4 is 9.62 Å². The van der Waals surface area contributed by atoms with Crippen LogP contribution in [0.1, 0.15) is 36.1 Å². The number of sulfonamides is 1. The third-order valence-electron chi connectivity index (χ3n) is 7.32. The molecule has 2 amide bonds. The lowest BCUT2D eigenvalue weighted by Crippen LogP contribution is -2.54. The van der Waals surface area contributed by atoms with E-state index >= 15 is 0 Å². The van der Waals surface area contributed by atoms with Gasteiger partial charge in [0.2, 0.25) is 11.8 Å². The molecule has 4 aromatic rings. The van der Waals surface area contributed by atoms with E-state index in [4.69, 9.17) is 23.2 Å². The maximum atomic E-state index is 14.6. The van der Waals surface area contributed by atoms with Gasteiger partial charge in [-0.05, 0) is 69.2 Å². The van der Waals surface area contributed by atoms with E-state index in [1.165, 1.54) is 17.0 Å². The fourth-order valence-electron chi connectivity index (χ4n) is 5.11. The van der Waals surface area contributed by atoms with Crippen LogP contribution in [0.25, 0.3) is 0 Å². The van der Waals surface area contributed by atoms with E-state index in [9.17, 15) is 18.0 Å². The van der Waals surface area contributed by atoms with Gasteiger partial charge in [-0.1, -0.05) is 95.5 Å².